The summed E-state index contributed by atoms with van der Waals surface area (Å²) in [6.07, 6.45) is 2.86. The van der Waals surface area contributed by atoms with Gasteiger partial charge in [0.25, 0.3) is 0 Å². The van der Waals surface area contributed by atoms with Crippen LogP contribution in [0.1, 0.15) is 12.0 Å². The van der Waals surface area contributed by atoms with Gasteiger partial charge in [-0.2, -0.15) is 4.98 Å². The van der Waals surface area contributed by atoms with Gasteiger partial charge in [-0.05, 0) is 24.6 Å². The highest BCUT2D eigenvalue weighted by atomic mass is 19.1. The minimum atomic E-state index is -0.225. The number of hydrogen-bond acceptors (Lipinski definition) is 4. The molecule has 1 aliphatic rings. The van der Waals surface area contributed by atoms with Crippen LogP contribution >= 0.6 is 0 Å². The molecule has 116 valence electrons. The number of aromatic nitrogens is 4. The van der Waals surface area contributed by atoms with Crippen LogP contribution < -0.4 is 4.90 Å². The Morgan fingerprint density at radius 2 is 1.87 bits per heavy atom. The van der Waals surface area contributed by atoms with Crippen molar-refractivity contribution in [2.75, 3.05) is 18.0 Å². The SMILES string of the molecule is Fc1ccccc1Cn1nc(-c2ccccn2)nc1N1CCC1. The zero-order chi connectivity index (χ0) is 15.6. The van der Waals surface area contributed by atoms with Crippen LogP contribution in [-0.4, -0.2) is 32.8 Å². The molecule has 0 bridgehead atoms. The topological polar surface area (TPSA) is 46.8 Å². The molecule has 0 saturated carbocycles. The molecule has 0 radical (unpaired) electrons. The molecule has 23 heavy (non-hydrogen) atoms. The second-order valence-electron chi connectivity index (χ2n) is 5.54. The summed E-state index contributed by atoms with van der Waals surface area (Å²) in [5, 5.41) is 4.55. The zero-order valence-electron chi connectivity index (χ0n) is 12.6. The van der Waals surface area contributed by atoms with Crippen molar-refractivity contribution < 1.29 is 4.39 Å². The second kappa shape index (κ2) is 5.79. The Kier molecular flexibility index (Phi) is 3.49. The predicted molar refractivity (Wildman–Crippen MR) is 85.6 cm³/mol. The highest BCUT2D eigenvalue weighted by molar-refractivity contribution is 5.52. The Bertz CT molecular complexity index is 811. The molecule has 3 aromatic rings. The molecule has 0 N–H and O–H groups in total. The fourth-order valence-electron chi connectivity index (χ4n) is 2.58. The Morgan fingerprint density at radius 3 is 2.57 bits per heavy atom. The number of pyridine rings is 1. The van der Waals surface area contributed by atoms with Gasteiger partial charge in [-0.15, -0.1) is 5.10 Å². The first kappa shape index (κ1) is 13.9. The van der Waals surface area contributed by atoms with E-state index < -0.39 is 0 Å². The van der Waals surface area contributed by atoms with Crippen molar-refractivity contribution in [1.29, 1.82) is 0 Å². The summed E-state index contributed by atoms with van der Waals surface area (Å²) in [5.41, 5.74) is 1.33. The molecule has 0 unspecified atom stereocenters. The minimum Gasteiger partial charge on any atom is -0.341 e. The molecular formula is C17H16FN5. The summed E-state index contributed by atoms with van der Waals surface area (Å²) in [5.74, 6) is 1.13. The number of halogens is 1. The van der Waals surface area contributed by atoms with Gasteiger partial charge < -0.3 is 4.90 Å². The van der Waals surface area contributed by atoms with Gasteiger partial charge in [0.1, 0.15) is 11.5 Å². The maximum atomic E-state index is 13.9. The average molecular weight is 309 g/mol. The van der Waals surface area contributed by atoms with Crippen molar-refractivity contribution in [2.45, 2.75) is 13.0 Å². The highest BCUT2D eigenvalue weighted by Crippen LogP contribution is 2.23. The van der Waals surface area contributed by atoms with Crippen LogP contribution in [0.25, 0.3) is 11.5 Å². The molecule has 1 aromatic carbocycles. The molecule has 6 heteroatoms. The molecule has 0 atom stereocenters. The number of benzene rings is 1. The molecule has 3 heterocycles. The van der Waals surface area contributed by atoms with E-state index in [1.807, 2.05) is 24.3 Å². The number of hydrogen-bond donors (Lipinski definition) is 0. The molecule has 0 amide bonds. The van der Waals surface area contributed by atoms with Crippen molar-refractivity contribution >= 4 is 5.95 Å². The number of anilines is 1. The lowest BCUT2D eigenvalue weighted by atomic mass is 10.2. The second-order valence-corrected chi connectivity index (χ2v) is 5.54. The van der Waals surface area contributed by atoms with Crippen LogP contribution in [0, 0.1) is 5.82 Å². The first-order valence-corrected chi connectivity index (χ1v) is 7.66. The van der Waals surface area contributed by atoms with Crippen molar-refractivity contribution in [3.63, 3.8) is 0 Å². The Hall–Kier alpha value is -2.76. The van der Waals surface area contributed by atoms with Crippen molar-refractivity contribution in [3.05, 3.63) is 60.0 Å². The van der Waals surface area contributed by atoms with Crippen LogP contribution in [0.2, 0.25) is 0 Å². The number of nitrogens with zero attached hydrogens (tertiary/aromatic N) is 5. The zero-order valence-corrected chi connectivity index (χ0v) is 12.6. The van der Waals surface area contributed by atoms with Crippen LogP contribution in [0.4, 0.5) is 10.3 Å². The third-order valence-electron chi connectivity index (χ3n) is 3.96. The van der Waals surface area contributed by atoms with E-state index in [4.69, 9.17) is 0 Å². The summed E-state index contributed by atoms with van der Waals surface area (Å²) in [6.45, 7) is 2.27. The molecule has 1 saturated heterocycles. The van der Waals surface area contributed by atoms with E-state index in [9.17, 15) is 4.39 Å². The molecule has 4 rings (SSSR count). The van der Waals surface area contributed by atoms with E-state index >= 15 is 0 Å². The van der Waals surface area contributed by atoms with Gasteiger partial charge in [-0.1, -0.05) is 24.3 Å². The summed E-state index contributed by atoms with van der Waals surface area (Å²) in [7, 11) is 0. The third kappa shape index (κ3) is 2.67. The Balaban J connectivity index is 1.72. The van der Waals surface area contributed by atoms with Crippen molar-refractivity contribution in [2.24, 2.45) is 0 Å². The van der Waals surface area contributed by atoms with E-state index in [0.717, 1.165) is 31.2 Å². The van der Waals surface area contributed by atoms with Crippen LogP contribution in [-0.2, 0) is 6.54 Å². The molecule has 0 spiro atoms. The van der Waals surface area contributed by atoms with Crippen molar-refractivity contribution in [3.8, 4) is 11.5 Å². The van der Waals surface area contributed by atoms with E-state index in [1.54, 1.807) is 23.0 Å². The first-order valence-electron chi connectivity index (χ1n) is 7.66. The van der Waals surface area contributed by atoms with Crippen LogP contribution in [0.3, 0.4) is 0 Å². The summed E-state index contributed by atoms with van der Waals surface area (Å²) in [4.78, 5) is 11.1. The van der Waals surface area contributed by atoms with Gasteiger partial charge in [-0.25, -0.2) is 9.07 Å². The Morgan fingerprint density at radius 1 is 1.04 bits per heavy atom. The smallest absolute Gasteiger partial charge is 0.224 e. The van der Waals surface area contributed by atoms with Crippen LogP contribution in [0.15, 0.2) is 48.7 Å². The number of rotatable bonds is 4. The van der Waals surface area contributed by atoms with Gasteiger partial charge in [-0.3, -0.25) is 4.98 Å². The first-order chi connectivity index (χ1) is 11.3. The van der Waals surface area contributed by atoms with E-state index in [-0.39, 0.29) is 5.82 Å². The quantitative estimate of drug-likeness (QED) is 0.743. The van der Waals surface area contributed by atoms with Gasteiger partial charge in [0.15, 0.2) is 0 Å². The summed E-state index contributed by atoms with van der Waals surface area (Å²) < 4.78 is 15.7. The molecule has 0 aliphatic carbocycles. The average Bonchev–Trinajstić information content (AvgIpc) is 2.92. The lowest BCUT2D eigenvalue weighted by molar-refractivity contribution is 0.551. The molecule has 1 aliphatic heterocycles. The van der Waals surface area contributed by atoms with Gasteiger partial charge >= 0.3 is 0 Å². The van der Waals surface area contributed by atoms with Gasteiger partial charge in [0.05, 0.1) is 6.54 Å². The van der Waals surface area contributed by atoms with Crippen molar-refractivity contribution in [1.82, 2.24) is 19.7 Å². The lowest BCUT2D eigenvalue weighted by Gasteiger charge is -2.31. The Labute approximate surface area is 133 Å². The fraction of sp³-hybridized carbons (Fsp3) is 0.235. The largest absolute Gasteiger partial charge is 0.341 e. The summed E-state index contributed by atoms with van der Waals surface area (Å²) in [6, 6.07) is 12.4. The van der Waals surface area contributed by atoms with E-state index in [2.05, 4.69) is 20.0 Å². The third-order valence-corrected chi connectivity index (χ3v) is 3.96. The van der Waals surface area contributed by atoms with E-state index in [1.165, 1.54) is 6.07 Å². The monoisotopic (exact) mass is 309 g/mol. The van der Waals surface area contributed by atoms with Gasteiger partial charge in [0, 0.05) is 24.8 Å². The summed E-state index contributed by atoms with van der Waals surface area (Å²) >= 11 is 0. The van der Waals surface area contributed by atoms with Gasteiger partial charge in [0.2, 0.25) is 11.8 Å². The minimum absolute atomic E-state index is 0.225. The molecule has 2 aromatic heterocycles. The maximum absolute atomic E-state index is 13.9. The highest BCUT2D eigenvalue weighted by Gasteiger charge is 2.23. The van der Waals surface area contributed by atoms with Crippen LogP contribution in [0.5, 0.6) is 0 Å². The predicted octanol–water partition coefficient (Wildman–Crippen LogP) is 2.74. The lowest BCUT2D eigenvalue weighted by Crippen LogP contribution is -2.39. The normalized spacial score (nSPS) is 13.9. The standard InChI is InChI=1S/C17H16FN5/c18-14-7-2-1-6-13(14)12-23-17(22-10-5-11-22)20-16(21-23)15-8-3-4-9-19-15/h1-4,6-9H,5,10-12H2. The molecule has 1 fully saturated rings. The maximum Gasteiger partial charge on any atom is 0.224 e. The fourth-order valence-corrected chi connectivity index (χ4v) is 2.58. The molecular weight excluding hydrogens is 293 g/mol. The molecule has 5 nitrogen and oxygen atoms in total. The van der Waals surface area contributed by atoms with E-state index in [0.29, 0.717) is 17.9 Å².